The smallest absolute Gasteiger partial charge is 0.139 e. The van der Waals surface area contributed by atoms with Crippen molar-refractivity contribution in [1.29, 1.82) is 0 Å². The molecular formula is C15H14BrFN2S. The van der Waals surface area contributed by atoms with Crippen LogP contribution >= 0.6 is 28.1 Å². The number of halogens is 2. The molecule has 1 aromatic heterocycles. The van der Waals surface area contributed by atoms with Gasteiger partial charge in [0.2, 0.25) is 0 Å². The van der Waals surface area contributed by atoms with Crippen LogP contribution in [0.1, 0.15) is 37.3 Å². The highest BCUT2D eigenvalue weighted by Gasteiger charge is 2.18. The molecule has 1 N–H and O–H groups in total. The van der Waals surface area contributed by atoms with Gasteiger partial charge in [-0.15, -0.1) is 0 Å². The Balaban J connectivity index is 2.04. The molecule has 5 heteroatoms. The van der Waals surface area contributed by atoms with Gasteiger partial charge in [-0.2, -0.15) is 0 Å². The Morgan fingerprint density at radius 1 is 1.25 bits per heavy atom. The lowest BCUT2D eigenvalue weighted by Crippen LogP contribution is -2.00. The third-order valence-electron chi connectivity index (χ3n) is 3.75. The maximum atomic E-state index is 13.3. The fraction of sp³-hybridized carbons (Fsp3) is 0.333. The first-order valence-corrected chi connectivity index (χ1v) is 7.90. The largest absolute Gasteiger partial charge is 0.343 e. The number of hydrogen-bond donors (Lipinski definition) is 1. The van der Waals surface area contributed by atoms with Crippen LogP contribution < -0.4 is 0 Å². The van der Waals surface area contributed by atoms with Crippen molar-refractivity contribution in [3.05, 3.63) is 44.9 Å². The van der Waals surface area contributed by atoms with Gasteiger partial charge in [-0.05, 0) is 59.0 Å². The zero-order chi connectivity index (χ0) is 14.1. The Hall–Kier alpha value is -1.07. The van der Waals surface area contributed by atoms with E-state index in [4.69, 9.17) is 12.2 Å². The maximum absolute atomic E-state index is 13.3. The Kier molecular flexibility index (Phi) is 3.98. The predicted molar refractivity (Wildman–Crippen MR) is 83.7 cm³/mol. The highest BCUT2D eigenvalue weighted by Crippen LogP contribution is 2.33. The first-order valence-electron chi connectivity index (χ1n) is 6.70. The van der Waals surface area contributed by atoms with Crippen molar-refractivity contribution in [3.63, 3.8) is 0 Å². The minimum atomic E-state index is -0.278. The molecule has 0 spiro atoms. The van der Waals surface area contributed by atoms with Crippen molar-refractivity contribution in [1.82, 2.24) is 9.97 Å². The summed E-state index contributed by atoms with van der Waals surface area (Å²) in [6.07, 6.45) is 4.93. The minimum Gasteiger partial charge on any atom is -0.343 e. The van der Waals surface area contributed by atoms with Gasteiger partial charge in [0.25, 0.3) is 0 Å². The normalized spacial score (nSPS) is 15.7. The van der Waals surface area contributed by atoms with Gasteiger partial charge >= 0.3 is 0 Å². The summed E-state index contributed by atoms with van der Waals surface area (Å²) in [5.41, 5.74) is 1.99. The highest BCUT2D eigenvalue weighted by atomic mass is 79.9. The second-order valence-electron chi connectivity index (χ2n) is 5.13. The number of hydrogen-bond acceptors (Lipinski definition) is 2. The van der Waals surface area contributed by atoms with Crippen molar-refractivity contribution in [2.24, 2.45) is 0 Å². The van der Waals surface area contributed by atoms with Crippen LogP contribution in [-0.4, -0.2) is 9.97 Å². The first kappa shape index (κ1) is 13.9. The third kappa shape index (κ3) is 2.83. The van der Waals surface area contributed by atoms with Gasteiger partial charge in [0.15, 0.2) is 0 Å². The molecule has 2 nitrogen and oxygen atoms in total. The van der Waals surface area contributed by atoms with E-state index in [1.54, 1.807) is 12.1 Å². The van der Waals surface area contributed by atoms with Crippen molar-refractivity contribution in [2.45, 2.75) is 31.6 Å². The maximum Gasteiger partial charge on any atom is 0.139 e. The molecule has 0 radical (unpaired) electrons. The van der Waals surface area contributed by atoms with E-state index in [2.05, 4.69) is 25.9 Å². The number of aromatic amines is 1. The summed E-state index contributed by atoms with van der Waals surface area (Å²) in [6.45, 7) is 0. The van der Waals surface area contributed by atoms with Gasteiger partial charge in [-0.1, -0.05) is 25.1 Å². The summed E-state index contributed by atoms with van der Waals surface area (Å²) >= 11 is 8.47. The van der Waals surface area contributed by atoms with Crippen LogP contribution in [0.4, 0.5) is 4.39 Å². The molecule has 3 rings (SSSR count). The summed E-state index contributed by atoms with van der Waals surface area (Å²) in [6, 6.07) is 6.82. The second kappa shape index (κ2) is 5.74. The fourth-order valence-electron chi connectivity index (χ4n) is 2.71. The summed E-state index contributed by atoms with van der Waals surface area (Å²) in [5, 5.41) is 0. The highest BCUT2D eigenvalue weighted by molar-refractivity contribution is 9.10. The Morgan fingerprint density at radius 2 is 2.00 bits per heavy atom. The quantitative estimate of drug-likeness (QED) is 0.736. The van der Waals surface area contributed by atoms with Gasteiger partial charge in [-0.25, -0.2) is 9.37 Å². The number of H-pyrrole nitrogens is 1. The Labute approximate surface area is 130 Å². The molecule has 104 valence electrons. The molecule has 1 heterocycles. The molecule has 20 heavy (non-hydrogen) atoms. The summed E-state index contributed by atoms with van der Waals surface area (Å²) in [4.78, 5) is 7.73. The fourth-order valence-corrected chi connectivity index (χ4v) is 3.31. The molecule has 1 fully saturated rings. The van der Waals surface area contributed by atoms with E-state index < -0.39 is 0 Å². The third-order valence-corrected chi connectivity index (χ3v) is 4.57. The predicted octanol–water partition coefficient (Wildman–Crippen LogP) is 5.37. The van der Waals surface area contributed by atoms with Crippen LogP contribution in [0.3, 0.4) is 0 Å². The van der Waals surface area contributed by atoms with E-state index in [1.165, 1.54) is 31.7 Å². The summed E-state index contributed by atoms with van der Waals surface area (Å²) in [7, 11) is 0. The molecule has 2 aromatic rings. The molecule has 0 atom stereocenters. The van der Waals surface area contributed by atoms with E-state index in [9.17, 15) is 4.39 Å². The summed E-state index contributed by atoms with van der Waals surface area (Å²) in [5.74, 6) is 0.974. The minimum absolute atomic E-state index is 0.278. The van der Waals surface area contributed by atoms with Crippen LogP contribution in [0, 0.1) is 10.5 Å². The topological polar surface area (TPSA) is 28.7 Å². The van der Waals surface area contributed by atoms with E-state index in [1.807, 2.05) is 6.07 Å². The van der Waals surface area contributed by atoms with E-state index in [0.29, 0.717) is 20.9 Å². The van der Waals surface area contributed by atoms with Crippen LogP contribution in [-0.2, 0) is 0 Å². The zero-order valence-electron chi connectivity index (χ0n) is 10.8. The van der Waals surface area contributed by atoms with Crippen molar-refractivity contribution in [2.75, 3.05) is 0 Å². The molecule has 0 unspecified atom stereocenters. The van der Waals surface area contributed by atoms with Gasteiger partial charge in [0, 0.05) is 11.3 Å². The lowest BCUT2D eigenvalue weighted by Gasteiger charge is -2.11. The number of aromatic nitrogens is 2. The Bertz CT molecular complexity index is 693. The van der Waals surface area contributed by atoms with Crippen molar-refractivity contribution >= 4 is 28.1 Å². The van der Waals surface area contributed by atoms with Crippen molar-refractivity contribution in [3.8, 4) is 11.4 Å². The van der Waals surface area contributed by atoms with Crippen LogP contribution in [0.2, 0.25) is 0 Å². The molecule has 1 aliphatic rings. The van der Waals surface area contributed by atoms with Gasteiger partial charge in [-0.3, -0.25) is 0 Å². The molecule has 1 aliphatic carbocycles. The van der Waals surface area contributed by atoms with E-state index in [0.717, 1.165) is 11.3 Å². The molecule has 1 aromatic carbocycles. The molecular weight excluding hydrogens is 339 g/mol. The number of benzene rings is 1. The van der Waals surface area contributed by atoms with Crippen molar-refractivity contribution < 1.29 is 4.39 Å². The van der Waals surface area contributed by atoms with Crippen LogP contribution in [0.5, 0.6) is 0 Å². The molecule has 0 amide bonds. The van der Waals surface area contributed by atoms with Gasteiger partial charge in [0.05, 0.1) is 4.47 Å². The average molecular weight is 353 g/mol. The standard InChI is InChI=1S/C15H14BrFN2S/c16-11-7-10(5-6-12(11)17)15-18-13(8-14(20)19-15)9-3-1-2-4-9/h5-9H,1-4H2,(H,18,19,20). The number of nitrogens with zero attached hydrogens (tertiary/aromatic N) is 1. The SMILES string of the molecule is Fc1ccc(-c2nc(=S)cc(C3CCCC3)[nH]2)cc1Br. The number of rotatable bonds is 2. The van der Waals surface area contributed by atoms with Crippen LogP contribution in [0.25, 0.3) is 11.4 Å². The molecule has 0 aliphatic heterocycles. The lowest BCUT2D eigenvalue weighted by atomic mass is 10.0. The molecule has 1 saturated carbocycles. The molecule has 0 bridgehead atoms. The second-order valence-corrected chi connectivity index (χ2v) is 6.41. The summed E-state index contributed by atoms with van der Waals surface area (Å²) < 4.78 is 14.3. The zero-order valence-corrected chi connectivity index (χ0v) is 13.2. The number of nitrogens with one attached hydrogen (secondary N) is 1. The average Bonchev–Trinajstić information content (AvgIpc) is 2.95. The Morgan fingerprint density at radius 3 is 2.70 bits per heavy atom. The van der Waals surface area contributed by atoms with E-state index >= 15 is 0 Å². The van der Waals surface area contributed by atoms with Crippen LogP contribution in [0.15, 0.2) is 28.7 Å². The monoisotopic (exact) mass is 352 g/mol. The first-order chi connectivity index (χ1) is 9.63. The van der Waals surface area contributed by atoms with Gasteiger partial charge in [0.1, 0.15) is 16.3 Å². The molecule has 0 saturated heterocycles. The van der Waals surface area contributed by atoms with Gasteiger partial charge < -0.3 is 4.98 Å². The lowest BCUT2D eigenvalue weighted by molar-refractivity contribution is 0.621. The van der Waals surface area contributed by atoms with E-state index in [-0.39, 0.29) is 5.82 Å².